The first kappa shape index (κ1) is 55.3. The molecule has 0 atom stereocenters. The Morgan fingerprint density at radius 3 is 1.03 bits per heavy atom. The lowest BCUT2D eigenvalue weighted by molar-refractivity contribution is -0.142. The fraction of sp³-hybridized carbons (Fsp3) is 0.130. The predicted molar refractivity (Wildman–Crippen MR) is 340 cm³/mol. The van der Waals surface area contributed by atoms with Crippen LogP contribution in [0.3, 0.4) is 0 Å². The predicted octanol–water partition coefficient (Wildman–Crippen LogP) is 22.3. The number of hydrogen-bond donors (Lipinski definition) is 0. The zero-order chi connectivity index (χ0) is 60.2. The van der Waals surface area contributed by atoms with Crippen LogP contribution in [0.15, 0.2) is 200 Å². The second kappa shape index (κ2) is 20.7. The highest BCUT2D eigenvalue weighted by Gasteiger charge is 2.41. The van der Waals surface area contributed by atoms with E-state index in [1.807, 2.05) is 41.0 Å². The average molecular weight is 1140 g/mol. The lowest BCUT2D eigenvalue weighted by atomic mass is 9.89. The molecular weight excluding hydrogens is 1080 g/mol. The molecule has 0 bridgehead atoms. The van der Waals surface area contributed by atoms with Crippen LogP contribution >= 0.6 is 0 Å². The molecule has 0 N–H and O–H groups in total. The van der Waals surface area contributed by atoms with Gasteiger partial charge in [-0.15, -0.1) is 0 Å². The molecule has 0 aliphatic rings. The van der Waals surface area contributed by atoms with Gasteiger partial charge in [0.2, 0.25) is 0 Å². The molecule has 13 rings (SSSR count). The Bertz CT molecular complexity index is 4770. The van der Waals surface area contributed by atoms with Gasteiger partial charge in [-0.25, -0.2) is 0 Å². The van der Waals surface area contributed by atoms with E-state index in [2.05, 4.69) is 187 Å². The van der Waals surface area contributed by atoms with Gasteiger partial charge < -0.3 is 9.13 Å². The highest BCUT2D eigenvalue weighted by Crippen LogP contribution is 2.49. The van der Waals surface area contributed by atoms with Crippen LogP contribution in [0.2, 0.25) is 0 Å². The van der Waals surface area contributed by atoms with Crippen molar-refractivity contribution in [2.24, 2.45) is 0 Å². The smallest absolute Gasteiger partial charge is 0.309 e. The molecular formula is C77H57F6N3. The van der Waals surface area contributed by atoms with Gasteiger partial charge >= 0.3 is 12.4 Å². The molecule has 0 spiro atoms. The minimum Gasteiger partial charge on any atom is -0.309 e. The van der Waals surface area contributed by atoms with E-state index in [4.69, 9.17) is 0 Å². The van der Waals surface area contributed by atoms with Crippen molar-refractivity contribution in [3.8, 4) is 84.2 Å². The monoisotopic (exact) mass is 1140 g/mol. The Balaban J connectivity index is 1.12. The van der Waals surface area contributed by atoms with Gasteiger partial charge in [-0.05, 0) is 219 Å². The van der Waals surface area contributed by atoms with E-state index in [9.17, 15) is 5.26 Å². The quantitative estimate of drug-likeness (QED) is 0.140. The van der Waals surface area contributed by atoms with Gasteiger partial charge in [0, 0.05) is 43.9 Å². The third kappa shape index (κ3) is 9.50. The molecule has 0 amide bonds. The number of aryl methyl sites for hydroxylation is 8. The highest BCUT2D eigenvalue weighted by atomic mass is 19.4. The molecule has 11 aromatic carbocycles. The Morgan fingerprint density at radius 2 is 0.686 bits per heavy atom. The van der Waals surface area contributed by atoms with E-state index in [0.29, 0.717) is 29.1 Å². The van der Waals surface area contributed by atoms with Gasteiger partial charge in [-0.1, -0.05) is 131 Å². The molecule has 0 aliphatic carbocycles. The summed E-state index contributed by atoms with van der Waals surface area (Å²) in [5, 5.41) is 14.9. The van der Waals surface area contributed by atoms with Crippen molar-refractivity contribution in [1.29, 1.82) is 5.26 Å². The molecule has 0 saturated carbocycles. The Labute approximate surface area is 495 Å². The SMILES string of the molecule is Cc1ccc(-c2ccc3c(c2)c2cc(-c4ccc(C)cc4C)ccc2n3-c2ccc(C#N)c(-c3cc(-c4c(C(F)(F)F)cccc4C(F)(F)F)ccc3-n3c4ccc(-c5ccc(C)cc5C)cc4c4cc(-c5ccc(C)cc5C)ccc43)c2)c(C)c1. The van der Waals surface area contributed by atoms with Crippen LogP contribution in [0.5, 0.6) is 0 Å². The number of hydrogen-bond acceptors (Lipinski definition) is 1. The van der Waals surface area contributed by atoms with Gasteiger partial charge in [-0.2, -0.15) is 31.6 Å². The van der Waals surface area contributed by atoms with Gasteiger partial charge in [0.05, 0.1) is 50.5 Å². The van der Waals surface area contributed by atoms with Crippen LogP contribution < -0.4 is 0 Å². The largest absolute Gasteiger partial charge is 0.417 e. The summed E-state index contributed by atoms with van der Waals surface area (Å²) >= 11 is 0. The van der Waals surface area contributed by atoms with Crippen LogP contribution in [0.4, 0.5) is 26.3 Å². The van der Waals surface area contributed by atoms with E-state index in [1.165, 1.54) is 12.1 Å². The lowest BCUT2D eigenvalue weighted by Crippen LogP contribution is -2.14. The second-order valence-electron chi connectivity index (χ2n) is 23.2. The first-order chi connectivity index (χ1) is 41.1. The summed E-state index contributed by atoms with van der Waals surface area (Å²) in [5.41, 5.74) is 18.1. The van der Waals surface area contributed by atoms with Crippen molar-refractivity contribution < 1.29 is 26.3 Å². The topological polar surface area (TPSA) is 33.6 Å². The van der Waals surface area contributed by atoms with Gasteiger partial charge in [0.25, 0.3) is 0 Å². The maximum Gasteiger partial charge on any atom is 0.417 e. The van der Waals surface area contributed by atoms with E-state index in [-0.39, 0.29) is 16.7 Å². The molecule has 0 unspecified atom stereocenters. The Kier molecular flexibility index (Phi) is 13.3. The van der Waals surface area contributed by atoms with E-state index < -0.39 is 29.0 Å². The molecule has 0 radical (unpaired) electrons. The fourth-order valence-corrected chi connectivity index (χ4v) is 13.2. The first-order valence-electron chi connectivity index (χ1n) is 28.6. The molecule has 3 nitrogen and oxygen atoms in total. The van der Waals surface area contributed by atoms with Crippen molar-refractivity contribution >= 4 is 43.6 Å². The summed E-state index contributed by atoms with van der Waals surface area (Å²) in [6, 6.07) is 65.0. The molecule has 13 aromatic rings. The Morgan fingerprint density at radius 1 is 0.326 bits per heavy atom. The third-order valence-electron chi connectivity index (χ3n) is 17.2. The van der Waals surface area contributed by atoms with E-state index in [0.717, 1.165) is 139 Å². The standard InChI is InChI=1S/C77H57F6N3/c1-43-12-23-58(47(5)32-43)51-17-27-70-64(36-51)65-37-52(59-24-13-44(2)33-48(59)6)18-28-71(65)85(70)57-22-16-56(42-84)62(41-57)63-40-55(75-68(76(78,79)80)10-9-11-69(75)77(81,82)83)21-31-72(63)86-73-29-19-53(60-25-14-45(3)34-49(60)7)38-66(73)67-39-54(20-30-74(67)86)61-26-15-46(4)35-50(61)8/h9-41H,1-8H3. The molecule has 422 valence electrons. The molecule has 0 fully saturated rings. The van der Waals surface area contributed by atoms with E-state index in [1.54, 1.807) is 12.1 Å². The van der Waals surface area contributed by atoms with Gasteiger partial charge in [0.15, 0.2) is 0 Å². The third-order valence-corrected chi connectivity index (χ3v) is 17.2. The van der Waals surface area contributed by atoms with Crippen molar-refractivity contribution in [1.82, 2.24) is 9.13 Å². The van der Waals surface area contributed by atoms with Crippen molar-refractivity contribution in [2.75, 3.05) is 0 Å². The average Bonchev–Trinajstić information content (AvgIpc) is 1.64. The fourth-order valence-electron chi connectivity index (χ4n) is 13.2. The van der Waals surface area contributed by atoms with Crippen molar-refractivity contribution in [2.45, 2.75) is 67.7 Å². The summed E-state index contributed by atoms with van der Waals surface area (Å²) in [6.45, 7) is 16.6. The summed E-state index contributed by atoms with van der Waals surface area (Å²) in [4.78, 5) is 0. The normalized spacial score (nSPS) is 12.1. The van der Waals surface area contributed by atoms with Gasteiger partial charge in [-0.3, -0.25) is 0 Å². The maximum absolute atomic E-state index is 15.3. The molecule has 0 aliphatic heterocycles. The summed E-state index contributed by atoms with van der Waals surface area (Å²) in [7, 11) is 0. The van der Waals surface area contributed by atoms with Gasteiger partial charge in [0.1, 0.15) is 0 Å². The molecule has 2 aromatic heterocycles. The van der Waals surface area contributed by atoms with Crippen molar-refractivity contribution in [3.63, 3.8) is 0 Å². The number of nitrogens with zero attached hydrogens (tertiary/aromatic N) is 3. The van der Waals surface area contributed by atoms with Crippen molar-refractivity contribution in [3.05, 3.63) is 261 Å². The summed E-state index contributed by atoms with van der Waals surface area (Å²) in [6.07, 6.45) is -10.3. The number of aromatic nitrogens is 2. The second-order valence-corrected chi connectivity index (χ2v) is 23.2. The minimum atomic E-state index is -5.16. The van der Waals surface area contributed by atoms with Crippen LogP contribution in [0.25, 0.3) is 122 Å². The van der Waals surface area contributed by atoms with Crippen LogP contribution in [0.1, 0.15) is 61.2 Å². The Hall–Kier alpha value is -9.91. The molecule has 9 heteroatoms. The molecule has 2 heterocycles. The summed E-state index contributed by atoms with van der Waals surface area (Å²) < 4.78 is 95.7. The van der Waals surface area contributed by atoms with Crippen LogP contribution in [-0.4, -0.2) is 9.13 Å². The number of rotatable bonds is 8. The number of alkyl halides is 6. The lowest BCUT2D eigenvalue weighted by Gasteiger charge is -2.22. The number of fused-ring (bicyclic) bond motifs is 6. The first-order valence-corrected chi connectivity index (χ1v) is 28.6. The van der Waals surface area contributed by atoms with Crippen LogP contribution in [0, 0.1) is 66.7 Å². The number of nitriles is 1. The maximum atomic E-state index is 15.3. The number of halogens is 6. The summed E-state index contributed by atoms with van der Waals surface area (Å²) in [5.74, 6) is 0. The minimum absolute atomic E-state index is 0.164. The zero-order valence-electron chi connectivity index (χ0n) is 48.7. The van der Waals surface area contributed by atoms with Crippen LogP contribution in [-0.2, 0) is 12.4 Å². The zero-order valence-corrected chi connectivity index (χ0v) is 48.7. The molecule has 0 saturated heterocycles. The van der Waals surface area contributed by atoms with E-state index >= 15 is 26.3 Å². The molecule has 86 heavy (non-hydrogen) atoms. The highest BCUT2D eigenvalue weighted by molar-refractivity contribution is 6.14. The number of benzene rings is 11.